The van der Waals surface area contributed by atoms with E-state index < -0.39 is 0 Å². The molecule has 0 radical (unpaired) electrons. The van der Waals surface area contributed by atoms with Crippen molar-refractivity contribution in [2.75, 3.05) is 19.0 Å². The summed E-state index contributed by atoms with van der Waals surface area (Å²) in [5, 5.41) is 11.0. The minimum absolute atomic E-state index is 0.0997. The largest absolute Gasteiger partial charge is 0.348 e. The normalized spacial score (nSPS) is 11.7. The van der Waals surface area contributed by atoms with Crippen LogP contribution in [0.5, 0.6) is 0 Å². The summed E-state index contributed by atoms with van der Waals surface area (Å²) in [7, 11) is 7.31. The molecule has 0 bridgehead atoms. The van der Waals surface area contributed by atoms with Crippen molar-refractivity contribution in [1.29, 1.82) is 0 Å². The molecule has 0 saturated carbocycles. The van der Waals surface area contributed by atoms with Gasteiger partial charge in [-0.1, -0.05) is 6.07 Å². The van der Waals surface area contributed by atoms with Crippen LogP contribution >= 0.6 is 0 Å². The van der Waals surface area contributed by atoms with E-state index in [9.17, 15) is 4.79 Å². The van der Waals surface area contributed by atoms with E-state index in [0.29, 0.717) is 22.7 Å². The predicted molar refractivity (Wildman–Crippen MR) is 112 cm³/mol. The monoisotopic (exact) mass is 379 g/mol. The van der Waals surface area contributed by atoms with Crippen LogP contribution in [0.25, 0.3) is 33.2 Å². The third-order valence-corrected chi connectivity index (χ3v) is 5.42. The van der Waals surface area contributed by atoms with E-state index in [1.807, 2.05) is 42.9 Å². The molecule has 4 aromatic rings. The molecule has 8 nitrogen and oxygen atoms in total. The zero-order valence-corrected chi connectivity index (χ0v) is 17.4. The van der Waals surface area contributed by atoms with Gasteiger partial charge >= 0.3 is 0 Å². The third kappa shape index (κ3) is 2.37. The predicted octanol–water partition coefficient (Wildman–Crippen LogP) is 2.39. The van der Waals surface area contributed by atoms with Gasteiger partial charge in [-0.15, -0.1) is 0 Å². The first-order valence-corrected chi connectivity index (χ1v) is 9.34. The highest BCUT2D eigenvalue weighted by Crippen LogP contribution is 2.33. The summed E-state index contributed by atoms with van der Waals surface area (Å²) in [6.07, 6.45) is 0. The lowest BCUT2D eigenvalue weighted by Crippen LogP contribution is -2.26. The van der Waals surface area contributed by atoms with E-state index in [0.717, 1.165) is 34.3 Å². The molecule has 146 valence electrons. The maximum atomic E-state index is 13.2. The maximum absolute atomic E-state index is 13.2. The van der Waals surface area contributed by atoms with E-state index in [-0.39, 0.29) is 5.56 Å². The molecule has 0 unspecified atom stereocenters. The molecule has 3 aromatic heterocycles. The highest BCUT2D eigenvalue weighted by Gasteiger charge is 2.22. The van der Waals surface area contributed by atoms with Crippen molar-refractivity contribution < 1.29 is 0 Å². The summed E-state index contributed by atoms with van der Waals surface area (Å²) in [4.78, 5) is 19.7. The summed E-state index contributed by atoms with van der Waals surface area (Å²) in [5.74, 6) is 0.597. The summed E-state index contributed by atoms with van der Waals surface area (Å²) in [5.41, 5.74) is 5.25. The van der Waals surface area contributed by atoms with Crippen LogP contribution < -0.4 is 10.5 Å². The number of anilines is 1. The number of fused-ring (bicyclic) bond motifs is 2. The Morgan fingerprint density at radius 2 is 1.79 bits per heavy atom. The van der Waals surface area contributed by atoms with E-state index in [4.69, 9.17) is 0 Å². The number of hydrogen-bond acceptors (Lipinski definition) is 5. The molecule has 1 aromatic carbocycles. The zero-order valence-electron chi connectivity index (χ0n) is 17.4. The van der Waals surface area contributed by atoms with E-state index in [2.05, 4.69) is 36.0 Å². The van der Waals surface area contributed by atoms with Crippen LogP contribution in [0.15, 0.2) is 16.9 Å². The number of aromatic nitrogens is 6. The van der Waals surface area contributed by atoms with Gasteiger partial charge in [-0.2, -0.15) is 15.2 Å². The van der Waals surface area contributed by atoms with Crippen molar-refractivity contribution in [3.63, 3.8) is 0 Å². The van der Waals surface area contributed by atoms with Crippen LogP contribution in [0.2, 0.25) is 0 Å². The second-order valence-electron chi connectivity index (χ2n) is 7.37. The molecular weight excluding hydrogens is 354 g/mol. The quantitative estimate of drug-likeness (QED) is 0.546. The van der Waals surface area contributed by atoms with Gasteiger partial charge in [-0.3, -0.25) is 14.0 Å². The Kier molecular flexibility index (Phi) is 4.02. The van der Waals surface area contributed by atoms with Crippen molar-refractivity contribution in [3.8, 4) is 11.3 Å². The average molecular weight is 379 g/mol. The summed E-state index contributed by atoms with van der Waals surface area (Å²) < 4.78 is 5.26. The minimum Gasteiger partial charge on any atom is -0.348 e. The van der Waals surface area contributed by atoms with Gasteiger partial charge in [0, 0.05) is 51.4 Å². The summed E-state index contributed by atoms with van der Waals surface area (Å²) in [6, 6.07) is 4.01. The Labute approximate surface area is 163 Å². The molecule has 0 aliphatic rings. The van der Waals surface area contributed by atoms with E-state index >= 15 is 0 Å². The molecule has 0 spiro atoms. The Bertz CT molecular complexity index is 1290. The van der Waals surface area contributed by atoms with Crippen LogP contribution in [0, 0.1) is 13.8 Å². The summed E-state index contributed by atoms with van der Waals surface area (Å²) in [6.45, 7) is 7.05. The number of rotatable bonds is 3. The maximum Gasteiger partial charge on any atom is 0.266 e. The Morgan fingerprint density at radius 1 is 1.07 bits per heavy atom. The van der Waals surface area contributed by atoms with E-state index in [1.165, 1.54) is 0 Å². The van der Waals surface area contributed by atoms with Crippen molar-refractivity contribution in [2.45, 2.75) is 27.3 Å². The highest BCUT2D eigenvalue weighted by atomic mass is 16.1. The highest BCUT2D eigenvalue weighted by molar-refractivity contribution is 5.97. The molecule has 0 N–H and O–H groups in total. The molecule has 0 atom stereocenters. The summed E-state index contributed by atoms with van der Waals surface area (Å²) >= 11 is 0. The smallest absolute Gasteiger partial charge is 0.266 e. The minimum atomic E-state index is -0.0997. The van der Waals surface area contributed by atoms with Crippen LogP contribution in [-0.4, -0.2) is 43.2 Å². The van der Waals surface area contributed by atoms with Gasteiger partial charge in [0.2, 0.25) is 5.95 Å². The van der Waals surface area contributed by atoms with Gasteiger partial charge in [0.15, 0.2) is 5.65 Å². The third-order valence-electron chi connectivity index (χ3n) is 5.42. The molecule has 0 aliphatic carbocycles. The molecule has 3 heterocycles. The van der Waals surface area contributed by atoms with E-state index in [1.54, 1.807) is 16.3 Å². The second-order valence-corrected chi connectivity index (χ2v) is 7.37. The van der Waals surface area contributed by atoms with Crippen LogP contribution in [-0.2, 0) is 20.6 Å². The number of benzene rings is 1. The Morgan fingerprint density at radius 3 is 2.43 bits per heavy atom. The zero-order chi connectivity index (χ0) is 20.3. The number of hydrogen-bond donors (Lipinski definition) is 0. The molecular formula is C20H25N7O. The number of aryl methyl sites for hydroxylation is 4. The molecule has 0 fully saturated rings. The van der Waals surface area contributed by atoms with Crippen molar-refractivity contribution in [3.05, 3.63) is 33.7 Å². The molecule has 4 rings (SSSR count). The van der Waals surface area contributed by atoms with Gasteiger partial charge in [0.25, 0.3) is 5.56 Å². The lowest BCUT2D eigenvalue weighted by molar-refractivity contribution is 0.647. The van der Waals surface area contributed by atoms with Crippen molar-refractivity contribution in [2.24, 2.45) is 14.1 Å². The standard InChI is InChI=1S/C20H25N7O/c1-8-27-12(3)15-11(2)13(9-10-14(15)22-27)17-16-18(26(7)23-17)21-20(24(4)5)25(6)19(16)28/h9-10H,8H2,1-7H3. The van der Waals surface area contributed by atoms with Crippen LogP contribution in [0.1, 0.15) is 18.2 Å². The first-order chi connectivity index (χ1) is 13.3. The van der Waals surface area contributed by atoms with Gasteiger partial charge in [-0.05, 0) is 32.4 Å². The first-order valence-electron chi connectivity index (χ1n) is 9.34. The number of nitrogens with zero attached hydrogens (tertiary/aromatic N) is 7. The van der Waals surface area contributed by atoms with Gasteiger partial charge < -0.3 is 4.90 Å². The fourth-order valence-corrected chi connectivity index (χ4v) is 3.99. The molecule has 0 saturated heterocycles. The molecule has 0 amide bonds. The first kappa shape index (κ1) is 18.2. The SMILES string of the molecule is CCn1nc2ccc(-c3nn(C)c4nc(N(C)C)n(C)c(=O)c34)c(C)c2c1C. The van der Waals surface area contributed by atoms with Gasteiger partial charge in [0.05, 0.1) is 5.52 Å². The molecule has 28 heavy (non-hydrogen) atoms. The van der Waals surface area contributed by atoms with Gasteiger partial charge in [0.1, 0.15) is 11.1 Å². The van der Waals surface area contributed by atoms with Crippen LogP contribution in [0.3, 0.4) is 0 Å². The molecule has 0 aliphatic heterocycles. The van der Waals surface area contributed by atoms with Crippen LogP contribution in [0.4, 0.5) is 5.95 Å². The lowest BCUT2D eigenvalue weighted by atomic mass is 9.99. The van der Waals surface area contributed by atoms with Gasteiger partial charge in [-0.25, -0.2) is 4.68 Å². The molecule has 8 heteroatoms. The Balaban J connectivity index is 2.08. The van der Waals surface area contributed by atoms with Crippen molar-refractivity contribution in [1.82, 2.24) is 29.1 Å². The lowest BCUT2D eigenvalue weighted by Gasteiger charge is -2.15. The fraction of sp³-hybridized carbons (Fsp3) is 0.400. The van der Waals surface area contributed by atoms with Crippen molar-refractivity contribution >= 4 is 27.9 Å². The second kappa shape index (κ2) is 6.19. The average Bonchev–Trinajstić information content (AvgIpc) is 3.15. The Hall–Kier alpha value is -3.16. The fourth-order valence-electron chi connectivity index (χ4n) is 3.99. The topological polar surface area (TPSA) is 73.8 Å².